The Kier molecular flexibility index (Phi) is 23.4. The van der Waals surface area contributed by atoms with Gasteiger partial charge in [0, 0.05) is 17.4 Å². The molecule has 0 saturated carbocycles. The van der Waals surface area contributed by atoms with E-state index in [9.17, 15) is 9.90 Å². The van der Waals surface area contributed by atoms with Gasteiger partial charge >= 0.3 is 5.97 Å². The molecule has 1 N–H and O–H groups in total. The maximum atomic E-state index is 13.6. The lowest BCUT2D eigenvalue weighted by Crippen LogP contribution is -2.47. The van der Waals surface area contributed by atoms with Gasteiger partial charge in [0.1, 0.15) is 10.9 Å². The van der Waals surface area contributed by atoms with E-state index < -0.39 is 27.5 Å². The van der Waals surface area contributed by atoms with Crippen LogP contribution in [-0.2, 0) is 27.9 Å². The molecule has 3 aliphatic heterocycles. The Morgan fingerprint density at radius 1 is 0.754 bits per heavy atom. The molecule has 10 heteroatoms. The maximum absolute atomic E-state index is 13.6. The number of cyclic esters (lactones) is 1. The van der Waals surface area contributed by atoms with E-state index in [0.29, 0.717) is 12.8 Å². The third kappa shape index (κ3) is 18.4. The molecule has 3 fully saturated rings. The predicted molar refractivity (Wildman–Crippen MR) is 279 cm³/mol. The summed E-state index contributed by atoms with van der Waals surface area (Å²) in [6.07, 6.45) is 29.3. The predicted octanol–water partition coefficient (Wildman–Crippen LogP) is 15.7. The van der Waals surface area contributed by atoms with Crippen molar-refractivity contribution in [1.82, 2.24) is 0 Å². The maximum Gasteiger partial charge on any atom is 0.323 e. The highest BCUT2D eigenvalue weighted by Gasteiger charge is 2.51. The standard InChI is InChI=1S/C55H98O7SSi2/c1-13-14-15-16-17-18-19-20-24-30-36-51(62-65(11,12)54(6,7)8)50-40-39-49(60-50)48-38-31-37-47(59-48)46(56)35-29-23-21-22-26-32-44(61-64(9,10)53(3,4)5)42-55(41-43(2)58-52(55)57)63-45-33-27-25-28-34-45/h25,27-29,33-35,43-44,46-51,56H,13-24,26,30-32,36-42H2,1-12H3/b35-29+/t43-,44+,46+,47-,48+,49+,50+,51+,55?/m0/s1. The molecule has 0 radical (unpaired) electrons. The zero-order valence-corrected chi connectivity index (χ0v) is 46.5. The van der Waals surface area contributed by atoms with E-state index in [0.717, 1.165) is 75.5 Å². The number of unbranched alkanes of at least 4 members (excludes halogenated alkanes) is 12. The highest BCUT2D eigenvalue weighted by atomic mass is 32.2. The number of thioether (sulfide) groups is 1. The first-order chi connectivity index (χ1) is 30.7. The first-order valence-corrected chi connectivity index (χ1v) is 33.3. The van der Waals surface area contributed by atoms with Gasteiger partial charge in [-0.3, -0.25) is 4.79 Å². The number of benzene rings is 1. The largest absolute Gasteiger partial charge is 0.462 e. The minimum atomic E-state index is -2.09. The second kappa shape index (κ2) is 26.8. The molecule has 1 aromatic rings. The lowest BCUT2D eigenvalue weighted by Gasteiger charge is -2.41. The van der Waals surface area contributed by atoms with Crippen LogP contribution in [0.1, 0.15) is 203 Å². The minimum Gasteiger partial charge on any atom is -0.462 e. The van der Waals surface area contributed by atoms with Crippen molar-refractivity contribution in [3.8, 4) is 0 Å². The van der Waals surface area contributed by atoms with E-state index in [2.05, 4.69) is 92.9 Å². The summed E-state index contributed by atoms with van der Waals surface area (Å²) in [7, 11) is -4.05. The van der Waals surface area contributed by atoms with E-state index in [1.807, 2.05) is 31.2 Å². The Morgan fingerprint density at radius 3 is 1.94 bits per heavy atom. The lowest BCUT2D eigenvalue weighted by molar-refractivity contribution is -0.151. The Hall–Kier alpha value is -0.986. The van der Waals surface area contributed by atoms with Gasteiger partial charge in [-0.15, -0.1) is 11.8 Å². The summed E-state index contributed by atoms with van der Waals surface area (Å²) in [5.41, 5.74) is 0. The fourth-order valence-electron chi connectivity index (χ4n) is 9.57. The lowest BCUT2D eigenvalue weighted by atomic mass is 9.94. The summed E-state index contributed by atoms with van der Waals surface area (Å²) >= 11 is 1.66. The number of carbonyl (C=O) groups excluding carboxylic acids is 1. The van der Waals surface area contributed by atoms with Gasteiger partial charge in [0.15, 0.2) is 16.6 Å². The molecule has 0 spiro atoms. The van der Waals surface area contributed by atoms with Crippen molar-refractivity contribution in [2.75, 3.05) is 0 Å². The molecule has 374 valence electrons. The number of esters is 1. The van der Waals surface area contributed by atoms with Crippen LogP contribution in [0.3, 0.4) is 0 Å². The van der Waals surface area contributed by atoms with Crippen molar-refractivity contribution < 1.29 is 33.0 Å². The second-order valence-electron chi connectivity index (χ2n) is 23.4. The van der Waals surface area contributed by atoms with E-state index in [4.69, 9.17) is 23.1 Å². The zero-order chi connectivity index (χ0) is 47.7. The van der Waals surface area contributed by atoms with Crippen molar-refractivity contribution >= 4 is 34.4 Å². The van der Waals surface area contributed by atoms with Crippen molar-refractivity contribution in [2.45, 2.75) is 298 Å². The molecule has 7 nitrogen and oxygen atoms in total. The molecule has 9 atom stereocenters. The second-order valence-corrected chi connectivity index (χ2v) is 34.4. The monoisotopic (exact) mass is 959 g/mol. The minimum absolute atomic E-state index is 0.0158. The molecule has 0 amide bonds. The van der Waals surface area contributed by atoms with Crippen LogP contribution < -0.4 is 0 Å². The summed E-state index contributed by atoms with van der Waals surface area (Å²) in [6, 6.07) is 10.3. The average Bonchev–Trinajstić information content (AvgIpc) is 3.83. The molecule has 65 heavy (non-hydrogen) atoms. The van der Waals surface area contributed by atoms with Gasteiger partial charge in [0.2, 0.25) is 0 Å². The number of ether oxygens (including phenoxy) is 3. The van der Waals surface area contributed by atoms with Crippen molar-refractivity contribution in [3.05, 3.63) is 42.5 Å². The summed E-state index contributed by atoms with van der Waals surface area (Å²) in [6.45, 7) is 27.6. The van der Waals surface area contributed by atoms with E-state index in [1.165, 1.54) is 64.2 Å². The van der Waals surface area contributed by atoms with Gasteiger partial charge < -0.3 is 28.2 Å². The van der Waals surface area contributed by atoms with Crippen molar-refractivity contribution in [2.24, 2.45) is 0 Å². The Morgan fingerprint density at radius 2 is 1.32 bits per heavy atom. The number of hydrogen-bond donors (Lipinski definition) is 1. The van der Waals surface area contributed by atoms with Crippen LogP contribution in [0.2, 0.25) is 36.3 Å². The third-order valence-corrected chi connectivity index (χ3v) is 26.1. The van der Waals surface area contributed by atoms with Crippen molar-refractivity contribution in [1.29, 1.82) is 0 Å². The van der Waals surface area contributed by atoms with Crippen LogP contribution in [0.15, 0.2) is 47.4 Å². The summed E-state index contributed by atoms with van der Waals surface area (Å²) in [4.78, 5) is 14.7. The van der Waals surface area contributed by atoms with Gasteiger partial charge in [0.05, 0.1) is 36.6 Å². The van der Waals surface area contributed by atoms with E-state index in [-0.39, 0.29) is 58.8 Å². The molecular weight excluding hydrogens is 861 g/mol. The third-order valence-electron chi connectivity index (χ3n) is 15.6. The van der Waals surface area contributed by atoms with Crippen LogP contribution in [0, 0.1) is 0 Å². The van der Waals surface area contributed by atoms with Gasteiger partial charge in [-0.1, -0.05) is 156 Å². The summed E-state index contributed by atoms with van der Waals surface area (Å²) in [5.74, 6) is -0.102. The quantitative estimate of drug-likeness (QED) is 0.0368. The molecule has 0 aromatic heterocycles. The molecule has 0 aliphatic carbocycles. The van der Waals surface area contributed by atoms with Crippen LogP contribution in [0.4, 0.5) is 0 Å². The summed E-state index contributed by atoms with van der Waals surface area (Å²) < 4.78 is 33.0. The highest BCUT2D eigenvalue weighted by molar-refractivity contribution is 8.01. The normalized spacial score (nSPS) is 26.2. The van der Waals surface area contributed by atoms with Crippen LogP contribution in [0.25, 0.3) is 0 Å². The van der Waals surface area contributed by atoms with Gasteiger partial charge in [-0.2, -0.15) is 0 Å². The summed E-state index contributed by atoms with van der Waals surface area (Å²) in [5, 5.41) is 11.6. The van der Waals surface area contributed by atoms with Crippen LogP contribution in [0.5, 0.6) is 0 Å². The van der Waals surface area contributed by atoms with E-state index >= 15 is 0 Å². The molecule has 1 aromatic carbocycles. The zero-order valence-electron chi connectivity index (χ0n) is 43.7. The number of hydrogen-bond acceptors (Lipinski definition) is 8. The fraction of sp³-hybridized carbons (Fsp3) is 0.836. The molecule has 0 bridgehead atoms. The topological polar surface area (TPSA) is 83.5 Å². The first kappa shape index (κ1) is 56.6. The first-order valence-electron chi connectivity index (χ1n) is 26.6. The number of carbonyl (C=O) groups is 1. The smallest absolute Gasteiger partial charge is 0.323 e. The number of rotatable bonds is 29. The molecule has 3 heterocycles. The van der Waals surface area contributed by atoms with Crippen molar-refractivity contribution in [3.63, 3.8) is 0 Å². The average molecular weight is 960 g/mol. The molecule has 1 unspecified atom stereocenters. The highest BCUT2D eigenvalue weighted by Crippen LogP contribution is 2.48. The van der Waals surface area contributed by atoms with Crippen LogP contribution in [-0.4, -0.2) is 81.3 Å². The molecular formula is C55H98O7SSi2. The number of aliphatic hydroxyl groups excluding tert-OH is 1. The Bertz CT molecular complexity index is 1530. The van der Waals surface area contributed by atoms with Gasteiger partial charge in [-0.05, 0) is 120 Å². The Labute approximate surface area is 405 Å². The fourth-order valence-corrected chi connectivity index (χ4v) is 13.8. The molecule has 3 aliphatic rings. The molecule has 3 saturated heterocycles. The Balaban J connectivity index is 1.25. The van der Waals surface area contributed by atoms with Gasteiger partial charge in [-0.25, -0.2) is 0 Å². The SMILES string of the molecule is CCCCCCCCCCCC[C@@H](O[Si](C)(C)C(C)(C)C)[C@H]1CC[C@H]([C@H]2CCC[C@@H]([C@H](O)/C=C/CCCCC[C@H](CC3(Sc4ccccc4)C[C@H](C)OC3=O)O[Si](C)(C)C(C)(C)C)O2)O1. The van der Waals surface area contributed by atoms with Crippen LogP contribution >= 0.6 is 11.8 Å². The van der Waals surface area contributed by atoms with Gasteiger partial charge in [0.25, 0.3) is 0 Å². The van der Waals surface area contributed by atoms with E-state index in [1.54, 1.807) is 11.8 Å². The number of aliphatic hydroxyl groups is 1. The number of allylic oxidation sites excluding steroid dienone is 1. The molecule has 4 rings (SSSR count).